The van der Waals surface area contributed by atoms with E-state index in [2.05, 4.69) is 15.2 Å². The molecule has 0 unspecified atom stereocenters. The third kappa shape index (κ3) is 2.59. The van der Waals surface area contributed by atoms with Crippen LogP contribution in [-0.2, 0) is 5.54 Å². The number of hydrogen-bond donors (Lipinski definition) is 1. The number of benzene rings is 1. The van der Waals surface area contributed by atoms with Gasteiger partial charge in [0.15, 0.2) is 5.82 Å². The highest BCUT2D eigenvalue weighted by atomic mass is 35.5. The average molecular weight is 350 g/mol. The minimum absolute atomic E-state index is 0. The summed E-state index contributed by atoms with van der Waals surface area (Å²) in [7, 11) is 0. The Kier molecular flexibility index (Phi) is 4.15. The fourth-order valence-electron chi connectivity index (χ4n) is 2.78. The Morgan fingerprint density at radius 2 is 1.96 bits per heavy atom. The van der Waals surface area contributed by atoms with Gasteiger partial charge in [0.1, 0.15) is 5.82 Å². The number of rotatable bonds is 3. The van der Waals surface area contributed by atoms with Crippen molar-refractivity contribution in [3.8, 4) is 17.1 Å². The van der Waals surface area contributed by atoms with Gasteiger partial charge in [-0.1, -0.05) is 5.16 Å². The summed E-state index contributed by atoms with van der Waals surface area (Å²) in [5.74, 6) is 0.671. The Bertz CT molecular complexity index is 854. The van der Waals surface area contributed by atoms with Crippen molar-refractivity contribution in [2.45, 2.75) is 31.7 Å². The summed E-state index contributed by atoms with van der Waals surface area (Å²) in [6.07, 6.45) is 4.50. The largest absolute Gasteiger partial charge is 0.334 e. The van der Waals surface area contributed by atoms with E-state index in [1.165, 1.54) is 12.1 Å². The minimum Gasteiger partial charge on any atom is -0.334 e. The van der Waals surface area contributed by atoms with E-state index in [1.54, 1.807) is 23.0 Å². The second-order valence-corrected chi connectivity index (χ2v) is 5.96. The van der Waals surface area contributed by atoms with E-state index in [4.69, 9.17) is 10.3 Å². The summed E-state index contributed by atoms with van der Waals surface area (Å²) < 4.78 is 20.1. The van der Waals surface area contributed by atoms with Gasteiger partial charge in [-0.2, -0.15) is 10.1 Å². The molecule has 0 atom stereocenters. The Balaban J connectivity index is 0.00000169. The number of hydrogen-bond acceptors (Lipinski definition) is 5. The molecule has 2 aromatic heterocycles. The van der Waals surface area contributed by atoms with E-state index in [0.29, 0.717) is 11.7 Å². The molecule has 1 aliphatic carbocycles. The van der Waals surface area contributed by atoms with Gasteiger partial charge < -0.3 is 10.3 Å². The maximum Gasteiger partial charge on any atom is 0.261 e. The summed E-state index contributed by atoms with van der Waals surface area (Å²) in [6, 6.07) is 6.13. The van der Waals surface area contributed by atoms with Crippen LogP contribution in [0.4, 0.5) is 4.39 Å². The van der Waals surface area contributed by atoms with Gasteiger partial charge in [0.25, 0.3) is 5.89 Å². The monoisotopic (exact) mass is 349 g/mol. The van der Waals surface area contributed by atoms with Crippen LogP contribution in [0.2, 0.25) is 0 Å². The van der Waals surface area contributed by atoms with Crippen LogP contribution in [0.15, 0.2) is 35.0 Å². The van der Waals surface area contributed by atoms with Crippen molar-refractivity contribution in [1.29, 1.82) is 0 Å². The van der Waals surface area contributed by atoms with E-state index in [9.17, 15) is 4.39 Å². The van der Waals surface area contributed by atoms with Gasteiger partial charge in [-0.3, -0.25) is 0 Å². The first kappa shape index (κ1) is 16.6. The Labute approximate surface area is 144 Å². The third-order valence-corrected chi connectivity index (χ3v) is 4.43. The lowest BCUT2D eigenvalue weighted by molar-refractivity contribution is 0.229. The molecule has 0 amide bonds. The van der Waals surface area contributed by atoms with Crippen LogP contribution in [-0.4, -0.2) is 19.9 Å². The van der Waals surface area contributed by atoms with Crippen molar-refractivity contribution >= 4 is 12.4 Å². The molecule has 4 rings (SSSR count). The number of halogens is 2. The summed E-state index contributed by atoms with van der Waals surface area (Å²) in [4.78, 5) is 4.44. The molecule has 8 heteroatoms. The Hall–Kier alpha value is -2.25. The third-order valence-electron chi connectivity index (χ3n) is 4.43. The lowest BCUT2D eigenvalue weighted by Gasteiger charge is -2.34. The second-order valence-electron chi connectivity index (χ2n) is 5.96. The van der Waals surface area contributed by atoms with Crippen LogP contribution in [0.1, 0.15) is 30.8 Å². The molecule has 2 heterocycles. The summed E-state index contributed by atoms with van der Waals surface area (Å²) >= 11 is 0. The van der Waals surface area contributed by atoms with Crippen LogP contribution in [0, 0.1) is 12.7 Å². The molecular formula is C16H17ClFN5O. The molecule has 0 bridgehead atoms. The fourth-order valence-corrected chi connectivity index (χ4v) is 2.78. The highest BCUT2D eigenvalue weighted by Gasteiger charge is 2.39. The molecule has 126 valence electrons. The molecule has 3 aromatic rings. The zero-order valence-electron chi connectivity index (χ0n) is 13.1. The first-order chi connectivity index (χ1) is 11.1. The van der Waals surface area contributed by atoms with E-state index in [0.717, 1.165) is 36.2 Å². The highest BCUT2D eigenvalue weighted by Crippen LogP contribution is 2.38. The topological polar surface area (TPSA) is 82.8 Å². The maximum absolute atomic E-state index is 13.1. The molecule has 0 radical (unpaired) electrons. The summed E-state index contributed by atoms with van der Waals surface area (Å²) in [6.45, 7) is 1.90. The molecule has 6 nitrogen and oxygen atoms in total. The molecule has 1 fully saturated rings. The normalized spacial score (nSPS) is 15.6. The molecule has 2 N–H and O–H groups in total. The van der Waals surface area contributed by atoms with Crippen molar-refractivity contribution in [2.24, 2.45) is 5.73 Å². The smallest absolute Gasteiger partial charge is 0.261 e. The molecule has 0 spiro atoms. The van der Waals surface area contributed by atoms with Gasteiger partial charge in [0, 0.05) is 0 Å². The molecule has 1 aliphatic rings. The zero-order chi connectivity index (χ0) is 16.0. The van der Waals surface area contributed by atoms with Crippen LogP contribution >= 0.6 is 12.4 Å². The van der Waals surface area contributed by atoms with Crippen molar-refractivity contribution in [3.05, 3.63) is 47.8 Å². The molecule has 1 aromatic carbocycles. The quantitative estimate of drug-likeness (QED) is 0.785. The molecule has 0 aliphatic heterocycles. The zero-order valence-corrected chi connectivity index (χ0v) is 13.9. The lowest BCUT2D eigenvalue weighted by Crippen LogP contribution is -2.44. The second kappa shape index (κ2) is 5.99. The van der Waals surface area contributed by atoms with Gasteiger partial charge in [0.05, 0.1) is 28.7 Å². The fraction of sp³-hybridized carbons (Fsp3) is 0.312. The van der Waals surface area contributed by atoms with Crippen molar-refractivity contribution in [3.63, 3.8) is 0 Å². The van der Waals surface area contributed by atoms with Gasteiger partial charge in [-0.15, -0.1) is 12.4 Å². The van der Waals surface area contributed by atoms with Gasteiger partial charge in [0.2, 0.25) is 0 Å². The average Bonchev–Trinajstić information content (AvgIpc) is 3.13. The number of nitrogens with zero attached hydrogens (tertiary/aromatic N) is 4. The molecule has 24 heavy (non-hydrogen) atoms. The minimum atomic E-state index is -0.456. The summed E-state index contributed by atoms with van der Waals surface area (Å²) in [5, 5.41) is 8.36. The lowest BCUT2D eigenvalue weighted by atomic mass is 9.77. The van der Waals surface area contributed by atoms with E-state index >= 15 is 0 Å². The first-order valence-electron chi connectivity index (χ1n) is 7.51. The van der Waals surface area contributed by atoms with Crippen LogP contribution in [0.3, 0.4) is 0 Å². The van der Waals surface area contributed by atoms with E-state index in [1.807, 2.05) is 6.92 Å². The number of nitrogens with two attached hydrogens (primary N) is 1. The van der Waals surface area contributed by atoms with Crippen molar-refractivity contribution in [2.75, 3.05) is 0 Å². The van der Waals surface area contributed by atoms with Crippen LogP contribution in [0.5, 0.6) is 0 Å². The Morgan fingerprint density at radius 1 is 1.25 bits per heavy atom. The molecular weight excluding hydrogens is 333 g/mol. The first-order valence-corrected chi connectivity index (χ1v) is 7.51. The van der Waals surface area contributed by atoms with Crippen molar-refractivity contribution < 1.29 is 8.91 Å². The molecule has 1 saturated carbocycles. The van der Waals surface area contributed by atoms with Crippen LogP contribution in [0.25, 0.3) is 17.1 Å². The predicted molar refractivity (Wildman–Crippen MR) is 88.5 cm³/mol. The summed E-state index contributed by atoms with van der Waals surface area (Å²) in [5.41, 5.74) is 8.12. The van der Waals surface area contributed by atoms with Crippen LogP contribution < -0.4 is 5.73 Å². The number of aromatic nitrogens is 4. The Morgan fingerprint density at radius 3 is 2.58 bits per heavy atom. The maximum atomic E-state index is 13.1. The van der Waals surface area contributed by atoms with E-state index in [-0.39, 0.29) is 18.2 Å². The SMILES string of the molecule is Cc1c(-c2nc(C3(N)CCC3)no2)cnn1-c1ccc(F)cc1.Cl. The highest BCUT2D eigenvalue weighted by molar-refractivity contribution is 5.85. The van der Waals surface area contributed by atoms with Gasteiger partial charge in [-0.25, -0.2) is 9.07 Å². The van der Waals surface area contributed by atoms with Gasteiger partial charge >= 0.3 is 0 Å². The predicted octanol–water partition coefficient (Wildman–Crippen LogP) is 3.13. The standard InChI is InChI=1S/C16H16FN5O.ClH/c1-10-13(9-19-22(10)12-5-3-11(17)4-6-12)14-20-15(21-23-14)16(18)7-2-8-16;/h3-6,9H,2,7-8,18H2,1H3;1H. The molecule has 0 saturated heterocycles. The van der Waals surface area contributed by atoms with Crippen molar-refractivity contribution in [1.82, 2.24) is 19.9 Å². The van der Waals surface area contributed by atoms with E-state index < -0.39 is 5.54 Å². The van der Waals surface area contributed by atoms with Gasteiger partial charge in [-0.05, 0) is 50.5 Å².